The smallest absolute Gasteiger partial charge is 0.255 e. The van der Waals surface area contributed by atoms with Crippen molar-refractivity contribution in [3.8, 4) is 0 Å². The highest BCUT2D eigenvalue weighted by molar-refractivity contribution is 9.10. The second kappa shape index (κ2) is 6.68. The second-order valence-corrected chi connectivity index (χ2v) is 5.59. The number of halogens is 3. The van der Waals surface area contributed by atoms with Crippen LogP contribution in [0.1, 0.15) is 24.2 Å². The van der Waals surface area contributed by atoms with E-state index in [1.165, 1.54) is 18.2 Å². The lowest BCUT2D eigenvalue weighted by atomic mass is 10.1. The Hall–Kier alpha value is -0.650. The molecule has 1 fully saturated rings. The van der Waals surface area contributed by atoms with Crippen molar-refractivity contribution in [3.63, 3.8) is 0 Å². The zero-order valence-corrected chi connectivity index (χ0v) is 13.2. The number of rotatable bonds is 1. The summed E-state index contributed by atoms with van der Waals surface area (Å²) in [5, 5.41) is 3.33. The maximum Gasteiger partial charge on any atom is 0.255 e. The van der Waals surface area contributed by atoms with Gasteiger partial charge in [0.25, 0.3) is 5.91 Å². The highest BCUT2D eigenvalue weighted by Crippen LogP contribution is 2.21. The average Bonchev–Trinajstić information content (AvgIpc) is 2.31. The van der Waals surface area contributed by atoms with Crippen molar-refractivity contribution >= 4 is 34.2 Å². The molecule has 3 nitrogen and oxygen atoms in total. The molecular formula is C13H17BrClFN2O. The Morgan fingerprint density at radius 3 is 2.79 bits per heavy atom. The van der Waals surface area contributed by atoms with Gasteiger partial charge >= 0.3 is 0 Å². The summed E-state index contributed by atoms with van der Waals surface area (Å²) in [6.07, 6.45) is 0. The number of amides is 1. The zero-order chi connectivity index (χ0) is 13.3. The van der Waals surface area contributed by atoms with Crippen LogP contribution in [0.5, 0.6) is 0 Å². The van der Waals surface area contributed by atoms with E-state index in [0.29, 0.717) is 16.6 Å². The van der Waals surface area contributed by atoms with Crippen molar-refractivity contribution in [2.75, 3.05) is 13.1 Å². The van der Waals surface area contributed by atoms with Gasteiger partial charge in [0.15, 0.2) is 0 Å². The van der Waals surface area contributed by atoms with E-state index in [4.69, 9.17) is 0 Å². The summed E-state index contributed by atoms with van der Waals surface area (Å²) in [5.41, 5.74) is 0.511. The van der Waals surface area contributed by atoms with Gasteiger partial charge in [-0.15, -0.1) is 12.4 Å². The highest BCUT2D eigenvalue weighted by atomic mass is 79.9. The van der Waals surface area contributed by atoms with Crippen LogP contribution in [0.4, 0.5) is 4.39 Å². The molecule has 1 aromatic rings. The molecule has 0 radical (unpaired) electrons. The Morgan fingerprint density at radius 2 is 2.16 bits per heavy atom. The Bertz CT molecular complexity index is 472. The summed E-state index contributed by atoms with van der Waals surface area (Å²) in [5.74, 6) is -0.400. The number of benzene rings is 1. The van der Waals surface area contributed by atoms with Crippen LogP contribution in [0.25, 0.3) is 0 Å². The summed E-state index contributed by atoms with van der Waals surface area (Å²) in [6, 6.07) is 4.59. The minimum absolute atomic E-state index is 0. The Labute approximate surface area is 127 Å². The lowest BCUT2D eigenvalue weighted by molar-refractivity contribution is 0.0615. The Kier molecular flexibility index (Phi) is 5.77. The third kappa shape index (κ3) is 3.68. The predicted octanol–water partition coefficient (Wildman–Crippen LogP) is 2.83. The van der Waals surface area contributed by atoms with Gasteiger partial charge in [0.2, 0.25) is 0 Å². The van der Waals surface area contributed by atoms with E-state index in [1.807, 2.05) is 18.7 Å². The van der Waals surface area contributed by atoms with Gasteiger partial charge in [0, 0.05) is 29.6 Å². The number of hydrogen-bond acceptors (Lipinski definition) is 2. The molecule has 0 saturated carbocycles. The van der Waals surface area contributed by atoms with E-state index in [2.05, 4.69) is 21.2 Å². The van der Waals surface area contributed by atoms with E-state index in [9.17, 15) is 9.18 Å². The SMILES string of the molecule is CC1CN(C(=O)c2ccc(F)cc2Br)C(C)CN1.Cl. The second-order valence-electron chi connectivity index (χ2n) is 4.74. The quantitative estimate of drug-likeness (QED) is 0.844. The first-order chi connectivity index (χ1) is 8.49. The molecule has 0 bridgehead atoms. The Morgan fingerprint density at radius 1 is 1.47 bits per heavy atom. The van der Waals surface area contributed by atoms with E-state index in [1.54, 1.807) is 0 Å². The molecule has 0 aromatic heterocycles. The number of carbonyl (C=O) groups is 1. The number of nitrogens with one attached hydrogen (secondary N) is 1. The molecular weight excluding hydrogens is 335 g/mol. The summed E-state index contributed by atoms with van der Waals surface area (Å²) in [6.45, 7) is 5.51. The van der Waals surface area contributed by atoms with Crippen LogP contribution in [0.3, 0.4) is 0 Å². The summed E-state index contributed by atoms with van der Waals surface area (Å²) >= 11 is 3.25. The first-order valence-electron chi connectivity index (χ1n) is 5.98. The molecule has 6 heteroatoms. The van der Waals surface area contributed by atoms with Crippen molar-refractivity contribution in [1.29, 1.82) is 0 Å². The van der Waals surface area contributed by atoms with Crippen LogP contribution >= 0.6 is 28.3 Å². The molecule has 1 aliphatic rings. The molecule has 2 atom stereocenters. The van der Waals surface area contributed by atoms with E-state index in [-0.39, 0.29) is 36.2 Å². The fourth-order valence-electron chi connectivity index (χ4n) is 2.12. The molecule has 1 amide bonds. The van der Waals surface area contributed by atoms with Crippen LogP contribution in [0.15, 0.2) is 22.7 Å². The summed E-state index contributed by atoms with van der Waals surface area (Å²) in [7, 11) is 0. The lowest BCUT2D eigenvalue weighted by Crippen LogP contribution is -2.56. The first kappa shape index (κ1) is 16.4. The highest BCUT2D eigenvalue weighted by Gasteiger charge is 2.28. The maximum atomic E-state index is 13.0. The van der Waals surface area contributed by atoms with Gasteiger partial charge in [-0.2, -0.15) is 0 Å². The predicted molar refractivity (Wildman–Crippen MR) is 79.3 cm³/mol. The molecule has 2 rings (SSSR count). The van der Waals surface area contributed by atoms with Crippen molar-refractivity contribution in [1.82, 2.24) is 10.2 Å². The lowest BCUT2D eigenvalue weighted by Gasteiger charge is -2.37. The molecule has 1 heterocycles. The van der Waals surface area contributed by atoms with E-state index < -0.39 is 0 Å². The van der Waals surface area contributed by atoms with Gasteiger partial charge in [-0.1, -0.05) is 0 Å². The average molecular weight is 352 g/mol. The molecule has 1 N–H and O–H groups in total. The molecule has 0 aliphatic carbocycles. The van der Waals surface area contributed by atoms with Crippen molar-refractivity contribution in [2.24, 2.45) is 0 Å². The van der Waals surface area contributed by atoms with Crippen LogP contribution in [-0.2, 0) is 0 Å². The molecule has 0 spiro atoms. The number of nitrogens with zero attached hydrogens (tertiary/aromatic N) is 1. The largest absolute Gasteiger partial charge is 0.333 e. The van der Waals surface area contributed by atoms with E-state index >= 15 is 0 Å². The molecule has 1 aliphatic heterocycles. The van der Waals surface area contributed by atoms with Crippen LogP contribution in [0.2, 0.25) is 0 Å². The van der Waals surface area contributed by atoms with Gasteiger partial charge in [-0.3, -0.25) is 4.79 Å². The molecule has 1 saturated heterocycles. The van der Waals surface area contributed by atoms with Crippen molar-refractivity contribution in [3.05, 3.63) is 34.1 Å². The first-order valence-corrected chi connectivity index (χ1v) is 6.77. The number of hydrogen-bond donors (Lipinski definition) is 1. The Balaban J connectivity index is 0.00000180. The summed E-state index contributed by atoms with van der Waals surface area (Å²) < 4.78 is 13.5. The standard InChI is InChI=1S/C13H16BrFN2O.ClH/c1-8-7-17(9(2)6-16-8)13(18)11-4-3-10(15)5-12(11)14;/h3-5,8-9,16H,6-7H2,1-2H3;1H. The summed E-state index contributed by atoms with van der Waals surface area (Å²) in [4.78, 5) is 14.3. The van der Waals surface area contributed by atoms with Crippen molar-refractivity contribution < 1.29 is 9.18 Å². The molecule has 2 unspecified atom stereocenters. The fraction of sp³-hybridized carbons (Fsp3) is 0.462. The van der Waals surface area contributed by atoms with Crippen LogP contribution < -0.4 is 5.32 Å². The molecule has 106 valence electrons. The van der Waals surface area contributed by atoms with Gasteiger partial charge in [0.1, 0.15) is 5.82 Å². The monoisotopic (exact) mass is 350 g/mol. The normalized spacial score (nSPS) is 22.8. The molecule has 1 aromatic carbocycles. The fourth-order valence-corrected chi connectivity index (χ4v) is 2.64. The molecule has 19 heavy (non-hydrogen) atoms. The third-order valence-electron chi connectivity index (χ3n) is 3.19. The van der Waals surface area contributed by atoms with Crippen LogP contribution in [-0.4, -0.2) is 36.0 Å². The topological polar surface area (TPSA) is 32.3 Å². The number of piperazine rings is 1. The maximum absolute atomic E-state index is 13.0. The van der Waals surface area contributed by atoms with Gasteiger partial charge in [-0.25, -0.2) is 4.39 Å². The van der Waals surface area contributed by atoms with Crippen molar-refractivity contribution in [2.45, 2.75) is 25.9 Å². The zero-order valence-electron chi connectivity index (χ0n) is 10.8. The van der Waals surface area contributed by atoms with E-state index in [0.717, 1.165) is 6.54 Å². The van der Waals surface area contributed by atoms with Gasteiger partial charge in [-0.05, 0) is 48.0 Å². The minimum atomic E-state index is -0.347. The van der Waals surface area contributed by atoms with Gasteiger partial charge in [0.05, 0.1) is 5.56 Å². The third-order valence-corrected chi connectivity index (χ3v) is 3.84. The minimum Gasteiger partial charge on any atom is -0.333 e. The van der Waals surface area contributed by atoms with Gasteiger partial charge < -0.3 is 10.2 Å². The van der Waals surface area contributed by atoms with Crippen LogP contribution in [0, 0.1) is 5.82 Å². The number of carbonyl (C=O) groups excluding carboxylic acids is 1.